The maximum absolute atomic E-state index is 12.6. The van der Waals surface area contributed by atoms with Crippen molar-refractivity contribution < 1.29 is 43.2 Å². The molecule has 214 valence electrons. The number of nitrogens with two attached hydrogens (primary N) is 1. The average Bonchev–Trinajstić information content (AvgIpc) is 2.86. The van der Waals surface area contributed by atoms with Gasteiger partial charge in [-0.1, -0.05) is 47.6 Å². The van der Waals surface area contributed by atoms with Crippen LogP contribution in [0.5, 0.6) is 11.5 Å². The fourth-order valence-electron chi connectivity index (χ4n) is 3.22. The Morgan fingerprint density at radius 1 is 0.842 bits per heavy atom. The normalized spacial score (nSPS) is 15.9. The van der Waals surface area contributed by atoms with E-state index in [1.165, 1.54) is 12.1 Å². The molecule has 0 bridgehead atoms. The smallest absolute Gasteiger partial charge is 0.480 e. The maximum Gasteiger partial charge on any atom is 0.508 e. The van der Waals surface area contributed by atoms with Crippen LogP contribution in [0.2, 0.25) is 0 Å². The largest absolute Gasteiger partial charge is 0.508 e. The zero-order valence-corrected chi connectivity index (χ0v) is 23.7. The number of carbonyl (C=O) groups excluding carboxylic acids is 3. The lowest BCUT2D eigenvalue weighted by Crippen LogP contribution is -2.38. The Hall–Kier alpha value is -3.14. The summed E-state index contributed by atoms with van der Waals surface area (Å²) in [5.41, 5.74) is 6.44. The predicted octanol–water partition coefficient (Wildman–Crippen LogP) is 5.06. The van der Waals surface area contributed by atoms with Crippen LogP contribution in [0, 0.1) is 17.8 Å². The van der Waals surface area contributed by atoms with Gasteiger partial charge in [0.15, 0.2) is 11.5 Å². The molecule has 0 aliphatic rings. The molecule has 0 saturated carbocycles. The topological polar surface area (TPSA) is 151 Å². The van der Waals surface area contributed by atoms with Gasteiger partial charge in [0.25, 0.3) is 0 Å². The van der Waals surface area contributed by atoms with Crippen LogP contribution >= 0.6 is 0 Å². The minimum absolute atomic E-state index is 0.0224. The third-order valence-corrected chi connectivity index (χ3v) is 6.67. The Morgan fingerprint density at radius 3 is 1.84 bits per heavy atom. The van der Waals surface area contributed by atoms with Crippen molar-refractivity contribution in [3.63, 3.8) is 0 Å². The number of esters is 2. The van der Waals surface area contributed by atoms with Gasteiger partial charge < -0.3 is 29.8 Å². The van der Waals surface area contributed by atoms with Gasteiger partial charge in [0.1, 0.15) is 18.2 Å². The summed E-state index contributed by atoms with van der Waals surface area (Å²) in [7, 11) is 0. The molecule has 3 N–H and O–H groups in total. The minimum atomic E-state index is -1.36. The van der Waals surface area contributed by atoms with Gasteiger partial charge >= 0.3 is 24.1 Å². The zero-order valence-electron chi connectivity index (χ0n) is 23.7. The number of aliphatic carboxylic acids is 1. The van der Waals surface area contributed by atoms with Crippen molar-refractivity contribution in [3.8, 4) is 11.5 Å². The number of ether oxygens (including phenoxy) is 4. The number of carboxylic acid groups (broad SMARTS) is 1. The Kier molecular flexibility index (Phi) is 13.3. The van der Waals surface area contributed by atoms with Gasteiger partial charge in [0, 0.05) is 5.92 Å². The first-order chi connectivity index (χ1) is 17.7. The first kappa shape index (κ1) is 32.9. The van der Waals surface area contributed by atoms with E-state index in [9.17, 15) is 24.3 Å². The van der Waals surface area contributed by atoms with Crippen LogP contribution in [-0.4, -0.2) is 47.4 Å². The van der Waals surface area contributed by atoms with Crippen LogP contribution in [0.4, 0.5) is 4.79 Å². The highest BCUT2D eigenvalue weighted by Gasteiger charge is 2.31. The Balaban J connectivity index is 3.33. The number of carboxylic acids is 1. The molecule has 0 aliphatic carbocycles. The first-order valence-corrected chi connectivity index (χ1v) is 13.1. The van der Waals surface area contributed by atoms with E-state index in [0.717, 1.165) is 0 Å². The number of hydrogen-bond acceptors (Lipinski definition) is 9. The molecule has 0 radical (unpaired) electrons. The van der Waals surface area contributed by atoms with Crippen LogP contribution in [0.25, 0.3) is 0 Å². The van der Waals surface area contributed by atoms with Gasteiger partial charge in [-0.25, -0.2) is 4.79 Å². The highest BCUT2D eigenvalue weighted by molar-refractivity contribution is 5.79. The SMILES string of the molecule is CCC(C)C(=O)Oc1ccc(C(CC(C)OC(=O)OC(C)C(C)C)[C@H](N)C(=O)O)cc1OC(=O)C(C)CC. The average molecular weight is 538 g/mol. The lowest BCUT2D eigenvalue weighted by atomic mass is 9.87. The van der Waals surface area contributed by atoms with Crippen molar-refractivity contribution in [3.05, 3.63) is 23.8 Å². The van der Waals surface area contributed by atoms with Crippen LogP contribution in [-0.2, 0) is 23.9 Å². The number of hydrogen-bond donors (Lipinski definition) is 2. The third kappa shape index (κ3) is 9.96. The second kappa shape index (κ2) is 15.3. The van der Waals surface area contributed by atoms with E-state index in [2.05, 4.69) is 0 Å². The van der Waals surface area contributed by atoms with E-state index in [0.29, 0.717) is 18.4 Å². The summed E-state index contributed by atoms with van der Waals surface area (Å²) < 4.78 is 21.6. The standard InChI is InChI=1S/C28H43NO9/c1-9-16(5)26(32)37-22-12-11-20(14-23(22)38-27(33)17(6)10-2)21(24(29)25(30)31)13-18(7)35-28(34)36-19(8)15(3)4/h11-12,14-19,21,24H,9-10,13,29H2,1-8H3,(H,30,31)/t16?,17?,18?,19?,21?,24-/m0/s1. The summed E-state index contributed by atoms with van der Waals surface area (Å²) >= 11 is 0. The molecule has 0 saturated heterocycles. The lowest BCUT2D eigenvalue weighted by Gasteiger charge is -2.26. The van der Waals surface area contributed by atoms with E-state index < -0.39 is 48.0 Å². The quantitative estimate of drug-likeness (QED) is 0.243. The minimum Gasteiger partial charge on any atom is -0.480 e. The number of carbonyl (C=O) groups is 4. The molecule has 1 aromatic rings. The molecule has 38 heavy (non-hydrogen) atoms. The second-order valence-corrected chi connectivity index (χ2v) is 10.1. The fraction of sp³-hybridized carbons (Fsp3) is 0.643. The molecule has 0 fully saturated rings. The van der Waals surface area contributed by atoms with E-state index in [4.69, 9.17) is 24.7 Å². The van der Waals surface area contributed by atoms with Gasteiger partial charge in [0.05, 0.1) is 11.8 Å². The van der Waals surface area contributed by atoms with E-state index >= 15 is 0 Å². The first-order valence-electron chi connectivity index (χ1n) is 13.1. The van der Waals surface area contributed by atoms with Gasteiger partial charge in [-0.2, -0.15) is 0 Å². The summed E-state index contributed by atoms with van der Waals surface area (Å²) in [6.45, 7) is 14.3. The van der Waals surface area contributed by atoms with Crippen LogP contribution in [0.1, 0.15) is 86.1 Å². The molecule has 10 heteroatoms. The molecular weight excluding hydrogens is 494 g/mol. The Labute approximate surface area is 225 Å². The van der Waals surface area contributed by atoms with Crippen LogP contribution < -0.4 is 15.2 Å². The van der Waals surface area contributed by atoms with Crippen molar-refractivity contribution >= 4 is 24.1 Å². The van der Waals surface area contributed by atoms with Gasteiger partial charge in [-0.3, -0.25) is 14.4 Å². The Bertz CT molecular complexity index is 962. The zero-order chi connectivity index (χ0) is 29.2. The van der Waals surface area contributed by atoms with Gasteiger partial charge in [-0.15, -0.1) is 0 Å². The third-order valence-electron chi connectivity index (χ3n) is 6.67. The molecule has 6 atom stereocenters. The molecule has 1 rings (SSSR count). The fourth-order valence-corrected chi connectivity index (χ4v) is 3.22. The van der Waals surface area contributed by atoms with Crippen molar-refractivity contribution in [2.24, 2.45) is 23.5 Å². The molecule has 5 unspecified atom stereocenters. The van der Waals surface area contributed by atoms with Crippen molar-refractivity contribution in [2.45, 2.75) is 98.8 Å². The molecule has 10 nitrogen and oxygen atoms in total. The molecular formula is C28H43NO9. The number of benzene rings is 1. The van der Waals surface area contributed by atoms with Crippen LogP contribution in [0.15, 0.2) is 18.2 Å². The summed E-state index contributed by atoms with van der Waals surface area (Å²) in [4.78, 5) is 49.0. The molecule has 0 amide bonds. The van der Waals surface area contributed by atoms with Crippen molar-refractivity contribution in [1.82, 2.24) is 0 Å². The lowest BCUT2D eigenvalue weighted by molar-refractivity contribution is -0.141. The highest BCUT2D eigenvalue weighted by atomic mass is 16.7. The Morgan fingerprint density at radius 2 is 1.37 bits per heavy atom. The van der Waals surface area contributed by atoms with Crippen LogP contribution in [0.3, 0.4) is 0 Å². The highest BCUT2D eigenvalue weighted by Crippen LogP contribution is 2.35. The monoisotopic (exact) mass is 537 g/mol. The molecule has 0 heterocycles. The summed E-state index contributed by atoms with van der Waals surface area (Å²) in [5.74, 6) is -3.80. The maximum atomic E-state index is 12.6. The molecule has 0 aliphatic heterocycles. The summed E-state index contributed by atoms with van der Waals surface area (Å²) in [6.07, 6.45) is -0.829. The van der Waals surface area contributed by atoms with Gasteiger partial charge in [-0.05, 0) is 56.7 Å². The van der Waals surface area contributed by atoms with Crippen molar-refractivity contribution in [1.29, 1.82) is 0 Å². The number of rotatable bonds is 14. The van der Waals surface area contributed by atoms with E-state index in [1.807, 2.05) is 27.7 Å². The predicted molar refractivity (Wildman–Crippen MR) is 141 cm³/mol. The second-order valence-electron chi connectivity index (χ2n) is 10.1. The van der Waals surface area contributed by atoms with E-state index in [-0.39, 0.29) is 35.9 Å². The van der Waals surface area contributed by atoms with Gasteiger partial charge in [0.2, 0.25) is 0 Å². The molecule has 0 spiro atoms. The summed E-state index contributed by atoms with van der Waals surface area (Å²) in [5, 5.41) is 9.66. The van der Waals surface area contributed by atoms with E-state index in [1.54, 1.807) is 33.8 Å². The molecule has 1 aromatic carbocycles. The summed E-state index contributed by atoms with van der Waals surface area (Å²) in [6, 6.07) is 3.08. The van der Waals surface area contributed by atoms with Crippen molar-refractivity contribution in [2.75, 3.05) is 0 Å². The molecule has 0 aromatic heterocycles.